The molecule has 1 aromatic carbocycles. The Kier molecular flexibility index (Phi) is 4.22. The number of ether oxygens (including phenoxy) is 1. The largest absolute Gasteiger partial charge is 0.480 e. The van der Waals surface area contributed by atoms with Crippen LogP contribution in [0.15, 0.2) is 47.8 Å². The predicted octanol–water partition coefficient (Wildman–Crippen LogP) is 4.27. The zero-order chi connectivity index (χ0) is 17.1. The first-order valence-corrected chi connectivity index (χ1v) is 7.80. The Morgan fingerprint density at radius 2 is 2.04 bits per heavy atom. The molecule has 2 aromatic heterocycles. The Morgan fingerprint density at radius 3 is 2.58 bits per heavy atom. The van der Waals surface area contributed by atoms with E-state index in [-0.39, 0.29) is 11.6 Å². The number of aromatic nitrogens is 1. The Morgan fingerprint density at radius 1 is 1.29 bits per heavy atom. The summed E-state index contributed by atoms with van der Waals surface area (Å²) < 4.78 is 5.26. The van der Waals surface area contributed by atoms with Crippen LogP contribution >= 0.6 is 11.3 Å². The van der Waals surface area contributed by atoms with E-state index < -0.39 is 4.92 Å². The van der Waals surface area contributed by atoms with Crippen molar-refractivity contribution < 1.29 is 9.66 Å². The number of pyridine rings is 1. The lowest BCUT2D eigenvalue weighted by atomic mass is 10.00. The summed E-state index contributed by atoms with van der Waals surface area (Å²) in [7, 11) is 1.46. The first-order chi connectivity index (χ1) is 11.6. The molecule has 3 rings (SSSR count). The van der Waals surface area contributed by atoms with E-state index in [1.165, 1.54) is 30.6 Å². The third-order valence-corrected chi connectivity index (χ3v) is 4.35. The second kappa shape index (κ2) is 6.48. The first-order valence-electron chi connectivity index (χ1n) is 6.92. The van der Waals surface area contributed by atoms with E-state index in [0.29, 0.717) is 22.4 Å². The standard InChI is InChI=1S/C17H11N3O3S/c1-23-17-14(10-18)13(9-15(19-17)16-3-2-8-24-16)11-4-6-12(7-5-11)20(21)22/h2-9H,1H3. The van der Waals surface area contributed by atoms with Crippen LogP contribution in [0.25, 0.3) is 21.7 Å². The van der Waals surface area contributed by atoms with Crippen LogP contribution in [0.4, 0.5) is 5.69 Å². The number of benzene rings is 1. The SMILES string of the molecule is COc1nc(-c2cccs2)cc(-c2ccc([N+](=O)[O-])cc2)c1C#N. The fourth-order valence-corrected chi connectivity index (χ4v) is 3.00. The van der Waals surface area contributed by atoms with E-state index in [0.717, 1.165) is 4.88 Å². The lowest BCUT2D eigenvalue weighted by molar-refractivity contribution is -0.384. The summed E-state index contributed by atoms with van der Waals surface area (Å²) >= 11 is 1.53. The quantitative estimate of drug-likeness (QED) is 0.524. The zero-order valence-electron chi connectivity index (χ0n) is 12.6. The van der Waals surface area contributed by atoms with Crippen LogP contribution in [0.1, 0.15) is 5.56 Å². The van der Waals surface area contributed by atoms with E-state index in [1.807, 2.05) is 17.5 Å². The third kappa shape index (κ3) is 2.83. The lowest BCUT2D eigenvalue weighted by Gasteiger charge is -2.10. The molecule has 0 saturated heterocycles. The van der Waals surface area contributed by atoms with Crippen molar-refractivity contribution in [1.29, 1.82) is 5.26 Å². The van der Waals surface area contributed by atoms with Gasteiger partial charge in [0, 0.05) is 17.7 Å². The molecule has 0 aliphatic heterocycles. The smallest absolute Gasteiger partial charge is 0.269 e. The molecule has 24 heavy (non-hydrogen) atoms. The number of hydrogen-bond donors (Lipinski definition) is 0. The molecule has 118 valence electrons. The highest BCUT2D eigenvalue weighted by molar-refractivity contribution is 7.13. The summed E-state index contributed by atoms with van der Waals surface area (Å²) in [5, 5.41) is 22.2. The summed E-state index contributed by atoms with van der Waals surface area (Å²) in [6, 6.07) is 13.8. The van der Waals surface area contributed by atoms with Crippen molar-refractivity contribution in [2.75, 3.05) is 7.11 Å². The summed E-state index contributed by atoms with van der Waals surface area (Å²) in [6.07, 6.45) is 0. The highest BCUT2D eigenvalue weighted by atomic mass is 32.1. The van der Waals surface area contributed by atoms with E-state index in [4.69, 9.17) is 4.74 Å². The van der Waals surface area contributed by atoms with E-state index >= 15 is 0 Å². The average Bonchev–Trinajstić information content (AvgIpc) is 3.15. The number of hydrogen-bond acceptors (Lipinski definition) is 6. The lowest BCUT2D eigenvalue weighted by Crippen LogP contribution is -1.97. The summed E-state index contributed by atoms with van der Waals surface area (Å²) in [6.45, 7) is 0. The first kappa shape index (κ1) is 15.6. The van der Waals surface area contributed by atoms with Crippen molar-refractivity contribution in [3.05, 3.63) is 63.5 Å². The predicted molar refractivity (Wildman–Crippen MR) is 90.9 cm³/mol. The molecule has 0 radical (unpaired) electrons. The second-order valence-corrected chi connectivity index (χ2v) is 5.78. The molecule has 0 spiro atoms. The monoisotopic (exact) mass is 337 g/mol. The fourth-order valence-electron chi connectivity index (χ4n) is 2.32. The summed E-state index contributed by atoms with van der Waals surface area (Å²) in [4.78, 5) is 15.7. The van der Waals surface area contributed by atoms with Gasteiger partial charge in [-0.3, -0.25) is 10.1 Å². The molecule has 0 amide bonds. The van der Waals surface area contributed by atoms with Crippen LogP contribution in [0, 0.1) is 21.4 Å². The maximum atomic E-state index is 10.8. The fraction of sp³-hybridized carbons (Fsp3) is 0.0588. The van der Waals surface area contributed by atoms with Gasteiger partial charge in [0.25, 0.3) is 5.69 Å². The normalized spacial score (nSPS) is 10.2. The van der Waals surface area contributed by atoms with E-state index in [2.05, 4.69) is 11.1 Å². The van der Waals surface area contributed by atoms with Crippen LogP contribution in [0.2, 0.25) is 0 Å². The number of non-ortho nitro benzene ring substituents is 1. The van der Waals surface area contributed by atoms with Gasteiger partial charge in [-0.25, -0.2) is 4.98 Å². The van der Waals surface area contributed by atoms with Crippen LogP contribution in [0.3, 0.4) is 0 Å². The van der Waals surface area contributed by atoms with Crippen LogP contribution in [-0.4, -0.2) is 17.0 Å². The van der Waals surface area contributed by atoms with Crippen LogP contribution < -0.4 is 4.74 Å². The molecule has 0 fully saturated rings. The molecule has 0 atom stereocenters. The second-order valence-electron chi connectivity index (χ2n) is 4.83. The Hall–Kier alpha value is -3.24. The molecule has 0 aliphatic rings. The number of nitrogens with zero attached hydrogens (tertiary/aromatic N) is 3. The topological polar surface area (TPSA) is 89.1 Å². The van der Waals surface area contributed by atoms with Crippen molar-refractivity contribution in [2.45, 2.75) is 0 Å². The average molecular weight is 337 g/mol. The number of nitro benzene ring substituents is 1. The van der Waals surface area contributed by atoms with Gasteiger partial charge in [0.15, 0.2) is 0 Å². The van der Waals surface area contributed by atoms with Gasteiger partial charge in [-0.05, 0) is 35.2 Å². The maximum Gasteiger partial charge on any atom is 0.269 e. The van der Waals surface area contributed by atoms with Crippen molar-refractivity contribution in [3.63, 3.8) is 0 Å². The van der Waals surface area contributed by atoms with Gasteiger partial charge in [0.05, 0.1) is 22.6 Å². The maximum absolute atomic E-state index is 10.8. The molecule has 7 heteroatoms. The van der Waals surface area contributed by atoms with Gasteiger partial charge in [-0.2, -0.15) is 5.26 Å². The van der Waals surface area contributed by atoms with Crippen molar-refractivity contribution in [1.82, 2.24) is 4.98 Å². The Balaban J connectivity index is 2.20. The van der Waals surface area contributed by atoms with Crippen LogP contribution in [-0.2, 0) is 0 Å². The van der Waals surface area contributed by atoms with Crippen LogP contribution in [0.5, 0.6) is 5.88 Å². The Labute approximate surface area is 141 Å². The summed E-state index contributed by atoms with van der Waals surface area (Å²) in [5.74, 6) is 0.233. The molecular formula is C17H11N3O3S. The van der Waals surface area contributed by atoms with Gasteiger partial charge in [-0.1, -0.05) is 6.07 Å². The molecule has 0 saturated carbocycles. The number of nitriles is 1. The minimum atomic E-state index is -0.459. The molecular weight excluding hydrogens is 326 g/mol. The molecule has 0 bridgehead atoms. The number of thiophene rings is 1. The number of rotatable bonds is 4. The molecule has 2 heterocycles. The molecule has 0 unspecified atom stereocenters. The third-order valence-electron chi connectivity index (χ3n) is 3.45. The van der Waals surface area contributed by atoms with Gasteiger partial charge in [0.2, 0.25) is 5.88 Å². The van der Waals surface area contributed by atoms with E-state index in [1.54, 1.807) is 18.2 Å². The van der Waals surface area contributed by atoms with Gasteiger partial charge >= 0.3 is 0 Å². The summed E-state index contributed by atoms with van der Waals surface area (Å²) in [5.41, 5.74) is 2.30. The van der Waals surface area contributed by atoms with Crippen molar-refractivity contribution in [3.8, 4) is 33.6 Å². The number of nitro groups is 1. The van der Waals surface area contributed by atoms with Gasteiger partial charge in [0.1, 0.15) is 11.6 Å². The number of methoxy groups -OCH3 is 1. The highest BCUT2D eigenvalue weighted by Gasteiger charge is 2.17. The molecule has 0 aliphatic carbocycles. The van der Waals surface area contributed by atoms with Gasteiger partial charge < -0.3 is 4.74 Å². The molecule has 0 N–H and O–H groups in total. The molecule has 3 aromatic rings. The van der Waals surface area contributed by atoms with Gasteiger partial charge in [-0.15, -0.1) is 11.3 Å². The minimum Gasteiger partial charge on any atom is -0.480 e. The minimum absolute atomic E-state index is 0.00300. The highest BCUT2D eigenvalue weighted by Crippen LogP contribution is 2.35. The Bertz CT molecular complexity index is 929. The van der Waals surface area contributed by atoms with Crippen molar-refractivity contribution in [2.24, 2.45) is 0 Å². The zero-order valence-corrected chi connectivity index (χ0v) is 13.4. The van der Waals surface area contributed by atoms with Crippen molar-refractivity contribution >= 4 is 17.0 Å². The molecule has 6 nitrogen and oxygen atoms in total. The van der Waals surface area contributed by atoms with E-state index in [9.17, 15) is 15.4 Å².